The van der Waals surface area contributed by atoms with Gasteiger partial charge in [0.05, 0.1) is 6.20 Å². The Morgan fingerprint density at radius 2 is 2.17 bits per heavy atom. The van der Waals surface area contributed by atoms with Crippen molar-refractivity contribution in [2.24, 2.45) is 7.05 Å². The highest BCUT2D eigenvalue weighted by Crippen LogP contribution is 2.30. The average Bonchev–Trinajstić information content (AvgIpc) is 3.25. The quantitative estimate of drug-likeness (QED) is 0.551. The molecule has 1 atom stereocenters. The van der Waals surface area contributed by atoms with Crippen molar-refractivity contribution in [2.75, 3.05) is 11.1 Å². The van der Waals surface area contributed by atoms with Crippen molar-refractivity contribution in [2.45, 2.75) is 30.3 Å². The minimum Gasteiger partial charge on any atom is -0.368 e. The standard InChI is InChI=1S/C18H19ClN8OS/c1-3-14(16(28)23-15-12(8-20)9-22-26(15)2)27-17(21)24-25-18(27)29-10-11-6-4-5-7-13(11)19/h4-7,9,14H,3,10H2,1-2H3,(H2,21,24)(H,23,28). The van der Waals surface area contributed by atoms with E-state index < -0.39 is 6.04 Å². The summed E-state index contributed by atoms with van der Waals surface area (Å²) < 4.78 is 3.03. The number of nitrogen functional groups attached to an aromatic ring is 1. The van der Waals surface area contributed by atoms with Gasteiger partial charge in [0.25, 0.3) is 0 Å². The average molecular weight is 431 g/mol. The molecule has 0 bridgehead atoms. The van der Waals surface area contributed by atoms with Crippen LogP contribution >= 0.6 is 23.4 Å². The molecule has 2 aromatic heterocycles. The molecule has 0 aliphatic carbocycles. The largest absolute Gasteiger partial charge is 0.368 e. The van der Waals surface area contributed by atoms with Gasteiger partial charge in [-0.25, -0.2) is 0 Å². The Kier molecular flexibility index (Phi) is 6.41. The van der Waals surface area contributed by atoms with Crippen molar-refractivity contribution < 1.29 is 4.79 Å². The molecule has 0 fully saturated rings. The van der Waals surface area contributed by atoms with E-state index in [-0.39, 0.29) is 17.4 Å². The number of benzene rings is 1. The summed E-state index contributed by atoms with van der Waals surface area (Å²) in [4.78, 5) is 13.0. The van der Waals surface area contributed by atoms with E-state index in [1.54, 1.807) is 11.6 Å². The van der Waals surface area contributed by atoms with Crippen LogP contribution in [0.25, 0.3) is 0 Å². The summed E-state index contributed by atoms with van der Waals surface area (Å²) in [6.07, 6.45) is 1.85. The summed E-state index contributed by atoms with van der Waals surface area (Å²) >= 11 is 7.61. The molecule has 150 valence electrons. The molecule has 0 radical (unpaired) electrons. The van der Waals surface area contributed by atoms with Crippen LogP contribution in [0.5, 0.6) is 0 Å². The first-order valence-corrected chi connectivity index (χ1v) is 10.1. The van der Waals surface area contributed by atoms with Gasteiger partial charge in [-0.05, 0) is 18.1 Å². The van der Waals surface area contributed by atoms with Crippen molar-refractivity contribution in [3.63, 3.8) is 0 Å². The number of hydrogen-bond donors (Lipinski definition) is 2. The van der Waals surface area contributed by atoms with E-state index in [9.17, 15) is 10.1 Å². The smallest absolute Gasteiger partial charge is 0.248 e. The van der Waals surface area contributed by atoms with Gasteiger partial charge < -0.3 is 11.1 Å². The SMILES string of the molecule is CCC(C(=O)Nc1c(C#N)cnn1C)n1c(N)nnc1SCc1ccccc1Cl. The lowest BCUT2D eigenvalue weighted by atomic mass is 10.2. The first kappa shape index (κ1) is 20.7. The van der Waals surface area contributed by atoms with Crippen LogP contribution in [0.2, 0.25) is 5.02 Å². The second-order valence-electron chi connectivity index (χ2n) is 6.15. The Balaban J connectivity index is 1.83. The monoisotopic (exact) mass is 430 g/mol. The van der Waals surface area contributed by atoms with Crippen molar-refractivity contribution in [1.29, 1.82) is 5.26 Å². The fourth-order valence-electron chi connectivity index (χ4n) is 2.79. The van der Waals surface area contributed by atoms with Crippen molar-refractivity contribution >= 4 is 41.0 Å². The van der Waals surface area contributed by atoms with E-state index in [4.69, 9.17) is 17.3 Å². The number of rotatable bonds is 7. The third kappa shape index (κ3) is 4.36. The van der Waals surface area contributed by atoms with Crippen LogP contribution in [-0.4, -0.2) is 30.5 Å². The molecule has 3 rings (SSSR count). The van der Waals surface area contributed by atoms with Crippen LogP contribution in [0.3, 0.4) is 0 Å². The van der Waals surface area contributed by atoms with Crippen molar-refractivity contribution in [3.8, 4) is 6.07 Å². The number of nitrogens with two attached hydrogens (primary N) is 1. The van der Waals surface area contributed by atoms with E-state index >= 15 is 0 Å². The zero-order valence-corrected chi connectivity index (χ0v) is 17.4. The van der Waals surface area contributed by atoms with Crippen LogP contribution in [0.4, 0.5) is 11.8 Å². The first-order chi connectivity index (χ1) is 14.0. The Labute approximate surface area is 176 Å². The van der Waals surface area contributed by atoms with Crippen LogP contribution in [0, 0.1) is 11.3 Å². The number of thioether (sulfide) groups is 1. The maximum Gasteiger partial charge on any atom is 0.248 e. The maximum absolute atomic E-state index is 13.0. The van der Waals surface area contributed by atoms with Crippen LogP contribution < -0.4 is 11.1 Å². The number of halogens is 1. The molecule has 3 aromatic rings. The van der Waals surface area contributed by atoms with Gasteiger partial charge in [-0.15, -0.1) is 10.2 Å². The molecule has 0 saturated carbocycles. The lowest BCUT2D eigenvalue weighted by Gasteiger charge is -2.19. The molecule has 1 aromatic carbocycles. The minimum atomic E-state index is -0.653. The van der Waals surface area contributed by atoms with Gasteiger partial charge in [0.1, 0.15) is 23.5 Å². The van der Waals surface area contributed by atoms with Crippen LogP contribution in [0.1, 0.15) is 30.5 Å². The number of nitrogens with zero attached hydrogens (tertiary/aromatic N) is 6. The Bertz CT molecular complexity index is 1070. The minimum absolute atomic E-state index is 0.138. The number of aromatic nitrogens is 5. The van der Waals surface area contributed by atoms with Crippen molar-refractivity contribution in [1.82, 2.24) is 24.5 Å². The van der Waals surface area contributed by atoms with Gasteiger partial charge in [0, 0.05) is 17.8 Å². The molecule has 1 amide bonds. The highest BCUT2D eigenvalue weighted by Gasteiger charge is 2.26. The highest BCUT2D eigenvalue weighted by molar-refractivity contribution is 7.98. The third-order valence-electron chi connectivity index (χ3n) is 4.31. The molecule has 3 N–H and O–H groups in total. The van der Waals surface area contributed by atoms with Gasteiger partial charge in [-0.3, -0.25) is 14.0 Å². The fourth-order valence-corrected chi connectivity index (χ4v) is 4.07. The molecule has 29 heavy (non-hydrogen) atoms. The zero-order valence-electron chi connectivity index (χ0n) is 15.8. The summed E-state index contributed by atoms with van der Waals surface area (Å²) in [7, 11) is 1.65. The first-order valence-electron chi connectivity index (χ1n) is 8.75. The molecule has 0 spiro atoms. The lowest BCUT2D eigenvalue weighted by Crippen LogP contribution is -2.28. The number of nitrogens with one attached hydrogen (secondary N) is 1. The number of nitriles is 1. The molecule has 11 heteroatoms. The van der Waals surface area contributed by atoms with E-state index in [2.05, 4.69) is 20.6 Å². The summed E-state index contributed by atoms with van der Waals surface area (Å²) in [5.74, 6) is 0.682. The maximum atomic E-state index is 13.0. The summed E-state index contributed by atoms with van der Waals surface area (Å²) in [5, 5.41) is 25.2. The number of carbonyl (C=O) groups is 1. The second-order valence-corrected chi connectivity index (χ2v) is 7.50. The fraction of sp³-hybridized carbons (Fsp3) is 0.278. The molecular formula is C18H19ClN8OS. The number of anilines is 2. The van der Waals surface area contributed by atoms with Crippen LogP contribution in [-0.2, 0) is 17.6 Å². The number of aryl methyl sites for hydroxylation is 1. The number of hydrogen-bond acceptors (Lipinski definition) is 7. The summed E-state index contributed by atoms with van der Waals surface area (Å²) in [6.45, 7) is 1.86. The number of amides is 1. The molecule has 0 aliphatic rings. The molecule has 0 saturated heterocycles. The molecule has 1 unspecified atom stereocenters. The molecule has 9 nitrogen and oxygen atoms in total. The van der Waals surface area contributed by atoms with Gasteiger partial charge in [-0.2, -0.15) is 10.4 Å². The van der Waals surface area contributed by atoms with Gasteiger partial charge in [-0.1, -0.05) is 48.5 Å². The predicted molar refractivity (Wildman–Crippen MR) is 111 cm³/mol. The third-order valence-corrected chi connectivity index (χ3v) is 5.67. The Hall–Kier alpha value is -3.03. The van der Waals surface area contributed by atoms with Gasteiger partial charge in [0.2, 0.25) is 11.9 Å². The topological polar surface area (TPSA) is 127 Å². The van der Waals surface area contributed by atoms with Gasteiger partial charge in [0.15, 0.2) is 5.16 Å². The van der Waals surface area contributed by atoms with E-state index in [1.807, 2.05) is 37.3 Å². The summed E-state index contributed by atoms with van der Waals surface area (Å²) in [6, 6.07) is 8.87. The van der Waals surface area contributed by atoms with E-state index in [1.165, 1.54) is 22.6 Å². The van der Waals surface area contributed by atoms with Crippen LogP contribution in [0.15, 0.2) is 35.6 Å². The van der Waals surface area contributed by atoms with E-state index in [0.29, 0.717) is 28.2 Å². The summed E-state index contributed by atoms with van der Waals surface area (Å²) in [5.41, 5.74) is 7.24. The normalized spacial score (nSPS) is 11.8. The molecule has 2 heterocycles. The Morgan fingerprint density at radius 1 is 1.41 bits per heavy atom. The second kappa shape index (κ2) is 8.98. The predicted octanol–water partition coefficient (Wildman–Crippen LogP) is 3.00. The zero-order chi connectivity index (χ0) is 21.0. The van der Waals surface area contributed by atoms with Crippen molar-refractivity contribution in [3.05, 3.63) is 46.6 Å². The Morgan fingerprint density at radius 3 is 2.86 bits per heavy atom. The highest BCUT2D eigenvalue weighted by atomic mass is 35.5. The lowest BCUT2D eigenvalue weighted by molar-refractivity contribution is -0.119. The molecular weight excluding hydrogens is 412 g/mol. The van der Waals surface area contributed by atoms with Gasteiger partial charge >= 0.3 is 0 Å². The number of carbonyl (C=O) groups excluding carboxylic acids is 1. The molecule has 0 aliphatic heterocycles. The van der Waals surface area contributed by atoms with E-state index in [0.717, 1.165) is 5.56 Å².